The van der Waals surface area contributed by atoms with E-state index in [-0.39, 0.29) is 12.5 Å². The van der Waals surface area contributed by atoms with Crippen LogP contribution in [0.4, 0.5) is 17.6 Å². The number of alkyl halides is 3. The van der Waals surface area contributed by atoms with Crippen LogP contribution in [0.25, 0.3) is 0 Å². The van der Waals surface area contributed by atoms with E-state index in [1.54, 1.807) is 11.6 Å². The van der Waals surface area contributed by atoms with E-state index in [0.29, 0.717) is 18.6 Å². The number of carbonyl (C=O) groups is 1. The fourth-order valence-electron chi connectivity index (χ4n) is 1.66. The van der Waals surface area contributed by atoms with Gasteiger partial charge in [-0.2, -0.15) is 17.9 Å². The average Bonchev–Trinajstić information content (AvgIpc) is 2.36. The van der Waals surface area contributed by atoms with E-state index in [9.17, 15) is 30.8 Å². The van der Waals surface area contributed by atoms with E-state index in [1.807, 2.05) is 0 Å². The van der Waals surface area contributed by atoms with Gasteiger partial charge in [0.05, 0.1) is 5.56 Å². The van der Waals surface area contributed by atoms with Gasteiger partial charge in [-0.25, -0.2) is 12.8 Å². The number of halogens is 4. The number of carboxylic acids is 1. The highest BCUT2D eigenvalue weighted by Crippen LogP contribution is 2.31. The van der Waals surface area contributed by atoms with Gasteiger partial charge in [-0.1, -0.05) is 13.3 Å². The minimum absolute atomic E-state index is 0.0882. The molecule has 0 saturated heterocycles. The molecule has 1 unspecified atom stereocenters. The zero-order chi connectivity index (χ0) is 17.1. The van der Waals surface area contributed by atoms with Crippen LogP contribution < -0.4 is 4.72 Å². The van der Waals surface area contributed by atoms with Crippen molar-refractivity contribution in [2.45, 2.75) is 36.9 Å². The number of benzene rings is 1. The summed E-state index contributed by atoms with van der Waals surface area (Å²) in [5.41, 5.74) is -1.35. The zero-order valence-electron chi connectivity index (χ0n) is 11.3. The minimum atomic E-state index is -4.85. The Bertz CT molecular complexity index is 658. The van der Waals surface area contributed by atoms with Crippen molar-refractivity contribution in [3.05, 3.63) is 29.6 Å². The fourth-order valence-corrected chi connectivity index (χ4v) is 2.98. The molecule has 0 aliphatic heterocycles. The van der Waals surface area contributed by atoms with Gasteiger partial charge < -0.3 is 5.11 Å². The lowest BCUT2D eigenvalue weighted by Gasteiger charge is -2.15. The summed E-state index contributed by atoms with van der Waals surface area (Å²) in [4.78, 5) is 9.66. The Morgan fingerprint density at radius 2 is 1.95 bits per heavy atom. The van der Waals surface area contributed by atoms with Crippen molar-refractivity contribution in [1.82, 2.24) is 4.72 Å². The molecule has 22 heavy (non-hydrogen) atoms. The third-order valence-electron chi connectivity index (χ3n) is 2.72. The van der Waals surface area contributed by atoms with Gasteiger partial charge in [0.2, 0.25) is 10.0 Å². The minimum Gasteiger partial charge on any atom is -0.480 e. The van der Waals surface area contributed by atoms with Gasteiger partial charge >= 0.3 is 12.1 Å². The van der Waals surface area contributed by atoms with E-state index >= 15 is 0 Å². The SMILES string of the molecule is CCCC(NS(=O)(=O)c1cc(C(F)(F)F)ccc1F)C(=O)O. The molecule has 1 aromatic carbocycles. The first-order chi connectivity index (χ1) is 9.99. The summed E-state index contributed by atoms with van der Waals surface area (Å²) in [6, 6.07) is -0.658. The Morgan fingerprint density at radius 3 is 2.41 bits per heavy atom. The second-order valence-electron chi connectivity index (χ2n) is 4.44. The summed E-state index contributed by atoms with van der Waals surface area (Å²) in [6.45, 7) is 1.59. The van der Waals surface area contributed by atoms with Crippen LogP contribution in [0.5, 0.6) is 0 Å². The van der Waals surface area contributed by atoms with Crippen molar-refractivity contribution in [2.75, 3.05) is 0 Å². The third-order valence-corrected chi connectivity index (χ3v) is 4.21. The number of carboxylic acid groups (broad SMARTS) is 1. The zero-order valence-corrected chi connectivity index (χ0v) is 12.1. The molecule has 0 spiro atoms. The predicted molar refractivity (Wildman–Crippen MR) is 68.1 cm³/mol. The van der Waals surface area contributed by atoms with Crippen molar-refractivity contribution in [1.29, 1.82) is 0 Å². The molecule has 2 N–H and O–H groups in total. The van der Waals surface area contributed by atoms with Gasteiger partial charge in [0.15, 0.2) is 0 Å². The lowest BCUT2D eigenvalue weighted by Crippen LogP contribution is -2.40. The molecule has 5 nitrogen and oxygen atoms in total. The van der Waals surface area contributed by atoms with Crippen LogP contribution in [0.3, 0.4) is 0 Å². The molecule has 0 aliphatic rings. The van der Waals surface area contributed by atoms with Crippen LogP contribution in [0, 0.1) is 5.82 Å². The molecule has 0 aliphatic carbocycles. The van der Waals surface area contributed by atoms with Crippen LogP contribution in [-0.4, -0.2) is 25.5 Å². The van der Waals surface area contributed by atoms with Crippen molar-refractivity contribution in [3.8, 4) is 0 Å². The van der Waals surface area contributed by atoms with Crippen LogP contribution >= 0.6 is 0 Å². The Labute approximate surface area is 124 Å². The Morgan fingerprint density at radius 1 is 1.36 bits per heavy atom. The summed E-state index contributed by atoms with van der Waals surface area (Å²) in [5, 5.41) is 8.87. The number of rotatable bonds is 6. The van der Waals surface area contributed by atoms with E-state index in [0.717, 1.165) is 0 Å². The van der Waals surface area contributed by atoms with Crippen molar-refractivity contribution in [2.24, 2.45) is 0 Å². The van der Waals surface area contributed by atoms with Gasteiger partial charge in [0, 0.05) is 0 Å². The van der Waals surface area contributed by atoms with Crippen molar-refractivity contribution < 1.29 is 35.9 Å². The first-order valence-corrected chi connectivity index (χ1v) is 7.59. The maximum atomic E-state index is 13.6. The van der Waals surface area contributed by atoms with E-state index < -0.39 is 44.5 Å². The average molecular weight is 343 g/mol. The number of sulfonamides is 1. The molecule has 124 valence electrons. The van der Waals surface area contributed by atoms with E-state index in [2.05, 4.69) is 0 Å². The van der Waals surface area contributed by atoms with Crippen molar-refractivity contribution in [3.63, 3.8) is 0 Å². The molecule has 1 atom stereocenters. The van der Waals surface area contributed by atoms with Gasteiger partial charge in [0.1, 0.15) is 16.8 Å². The van der Waals surface area contributed by atoms with Crippen LogP contribution in [0.2, 0.25) is 0 Å². The number of hydrogen-bond acceptors (Lipinski definition) is 3. The molecule has 10 heteroatoms. The highest BCUT2D eigenvalue weighted by Gasteiger charge is 2.34. The summed E-state index contributed by atoms with van der Waals surface area (Å²) in [5.74, 6) is -2.90. The first kappa shape index (κ1) is 18.4. The molecule has 0 aromatic heterocycles. The molecule has 1 aromatic rings. The van der Waals surface area contributed by atoms with Crippen LogP contribution in [0.15, 0.2) is 23.1 Å². The molecule has 0 radical (unpaired) electrons. The number of aliphatic carboxylic acids is 1. The normalized spacial score (nSPS) is 13.9. The Kier molecular flexibility index (Phi) is 5.52. The van der Waals surface area contributed by atoms with Gasteiger partial charge in [-0.05, 0) is 24.6 Å². The number of hydrogen-bond donors (Lipinski definition) is 2. The molecule has 0 amide bonds. The highest BCUT2D eigenvalue weighted by molar-refractivity contribution is 7.89. The quantitative estimate of drug-likeness (QED) is 0.777. The maximum Gasteiger partial charge on any atom is 0.416 e. The topological polar surface area (TPSA) is 83.5 Å². The second kappa shape index (κ2) is 6.61. The van der Waals surface area contributed by atoms with Gasteiger partial charge in [-0.3, -0.25) is 4.79 Å². The molecule has 0 bridgehead atoms. The Hall–Kier alpha value is -1.68. The second-order valence-corrected chi connectivity index (χ2v) is 6.13. The molecular weight excluding hydrogens is 330 g/mol. The lowest BCUT2D eigenvalue weighted by atomic mass is 10.2. The monoisotopic (exact) mass is 343 g/mol. The van der Waals surface area contributed by atoms with E-state index in [4.69, 9.17) is 5.11 Å². The molecule has 0 fully saturated rings. The molecule has 0 saturated carbocycles. The van der Waals surface area contributed by atoms with E-state index in [1.165, 1.54) is 0 Å². The largest absolute Gasteiger partial charge is 0.480 e. The van der Waals surface area contributed by atoms with Gasteiger partial charge in [-0.15, -0.1) is 0 Å². The molecular formula is C12H13F4NO4S. The number of nitrogens with one attached hydrogen (secondary N) is 1. The lowest BCUT2D eigenvalue weighted by molar-refractivity contribution is -0.139. The van der Waals surface area contributed by atoms with Crippen LogP contribution in [-0.2, 0) is 21.0 Å². The maximum absolute atomic E-state index is 13.6. The van der Waals surface area contributed by atoms with Gasteiger partial charge in [0.25, 0.3) is 0 Å². The summed E-state index contributed by atoms with van der Waals surface area (Å²) in [7, 11) is -4.75. The molecule has 0 heterocycles. The fraction of sp³-hybridized carbons (Fsp3) is 0.417. The summed E-state index contributed by atoms with van der Waals surface area (Å²) < 4.78 is 76.8. The third kappa shape index (κ3) is 4.41. The summed E-state index contributed by atoms with van der Waals surface area (Å²) in [6.07, 6.45) is -4.63. The summed E-state index contributed by atoms with van der Waals surface area (Å²) >= 11 is 0. The molecule has 1 rings (SSSR count). The first-order valence-electron chi connectivity index (χ1n) is 6.11. The highest BCUT2D eigenvalue weighted by atomic mass is 32.2. The van der Waals surface area contributed by atoms with Crippen molar-refractivity contribution >= 4 is 16.0 Å². The predicted octanol–water partition coefficient (Wildman–Crippen LogP) is 2.38. The Balaban J connectivity index is 3.25. The standard InChI is InChI=1S/C12H13F4NO4S/c1-2-3-9(11(18)19)17-22(20,21)10-6-7(12(14,15)16)4-5-8(10)13/h4-6,9,17H,2-3H2,1H3,(H,18,19). The van der Waals surface area contributed by atoms with Crippen LogP contribution in [0.1, 0.15) is 25.3 Å². The smallest absolute Gasteiger partial charge is 0.416 e.